The van der Waals surface area contributed by atoms with Gasteiger partial charge < -0.3 is 5.32 Å². The number of nitrogens with one attached hydrogen (secondary N) is 1. The Morgan fingerprint density at radius 1 is 1.05 bits per heavy atom. The summed E-state index contributed by atoms with van der Waals surface area (Å²) in [4.78, 5) is 10.2. The summed E-state index contributed by atoms with van der Waals surface area (Å²) >= 11 is 0. The van der Waals surface area contributed by atoms with Gasteiger partial charge in [-0.2, -0.15) is 0 Å². The molecule has 0 fully saturated rings. The molecule has 98 valence electrons. The van der Waals surface area contributed by atoms with Gasteiger partial charge in [0.1, 0.15) is 0 Å². The number of nitro groups is 1. The number of benzene rings is 2. The monoisotopic (exact) mass is 256 g/mol. The first-order valence-corrected chi connectivity index (χ1v) is 6.10. The van der Waals surface area contributed by atoms with Crippen LogP contribution in [0.15, 0.2) is 42.5 Å². The van der Waals surface area contributed by atoms with Gasteiger partial charge in [0.05, 0.1) is 4.92 Å². The highest BCUT2D eigenvalue weighted by atomic mass is 16.6. The SMILES string of the molecule is Cc1cc(C)cc(CNc2ccc([N+](=O)[O-])cc2)c1. The number of nitrogens with zero attached hydrogens (tertiary/aromatic N) is 1. The van der Waals surface area contributed by atoms with E-state index in [1.165, 1.54) is 28.8 Å². The predicted molar refractivity (Wildman–Crippen MR) is 76.3 cm³/mol. The summed E-state index contributed by atoms with van der Waals surface area (Å²) in [6.07, 6.45) is 0. The molecule has 0 aliphatic heterocycles. The van der Waals surface area contributed by atoms with E-state index in [1.54, 1.807) is 12.1 Å². The van der Waals surface area contributed by atoms with Crippen molar-refractivity contribution in [1.82, 2.24) is 0 Å². The third-order valence-electron chi connectivity index (χ3n) is 2.86. The van der Waals surface area contributed by atoms with Crippen LogP contribution >= 0.6 is 0 Å². The Kier molecular flexibility index (Phi) is 3.80. The molecule has 0 amide bonds. The van der Waals surface area contributed by atoms with Crippen LogP contribution in [0.2, 0.25) is 0 Å². The van der Waals surface area contributed by atoms with Crippen LogP contribution < -0.4 is 5.32 Å². The second-order valence-electron chi connectivity index (χ2n) is 4.65. The molecule has 0 radical (unpaired) electrons. The van der Waals surface area contributed by atoms with Crippen LogP contribution in [-0.4, -0.2) is 4.92 Å². The van der Waals surface area contributed by atoms with Gasteiger partial charge in [-0.1, -0.05) is 29.3 Å². The van der Waals surface area contributed by atoms with Crippen molar-refractivity contribution in [3.63, 3.8) is 0 Å². The van der Waals surface area contributed by atoms with Gasteiger partial charge in [-0.05, 0) is 31.5 Å². The van der Waals surface area contributed by atoms with Crippen molar-refractivity contribution in [1.29, 1.82) is 0 Å². The maximum absolute atomic E-state index is 10.6. The summed E-state index contributed by atoms with van der Waals surface area (Å²) in [6.45, 7) is 4.85. The normalized spacial score (nSPS) is 10.2. The van der Waals surface area contributed by atoms with Gasteiger partial charge in [-0.25, -0.2) is 0 Å². The maximum Gasteiger partial charge on any atom is 0.269 e. The fraction of sp³-hybridized carbons (Fsp3) is 0.200. The van der Waals surface area contributed by atoms with Crippen molar-refractivity contribution in [2.24, 2.45) is 0 Å². The fourth-order valence-electron chi connectivity index (χ4n) is 2.08. The standard InChI is InChI=1S/C15H16N2O2/c1-11-7-12(2)9-13(8-11)10-16-14-3-5-15(6-4-14)17(18)19/h3-9,16H,10H2,1-2H3. The second kappa shape index (κ2) is 5.52. The molecule has 0 aromatic heterocycles. The van der Waals surface area contributed by atoms with Crippen LogP contribution in [0.1, 0.15) is 16.7 Å². The van der Waals surface area contributed by atoms with Gasteiger partial charge in [0.15, 0.2) is 0 Å². The van der Waals surface area contributed by atoms with E-state index in [4.69, 9.17) is 0 Å². The van der Waals surface area contributed by atoms with Gasteiger partial charge in [0.25, 0.3) is 5.69 Å². The fourth-order valence-corrected chi connectivity index (χ4v) is 2.08. The van der Waals surface area contributed by atoms with Gasteiger partial charge in [-0.3, -0.25) is 10.1 Å². The molecular formula is C15H16N2O2. The van der Waals surface area contributed by atoms with Crippen LogP contribution in [0.25, 0.3) is 0 Å². The van der Waals surface area contributed by atoms with Crippen LogP contribution in [0, 0.1) is 24.0 Å². The minimum Gasteiger partial charge on any atom is -0.381 e. The van der Waals surface area contributed by atoms with Crippen LogP contribution in [-0.2, 0) is 6.54 Å². The van der Waals surface area contributed by atoms with Crippen LogP contribution in [0.3, 0.4) is 0 Å². The third kappa shape index (κ3) is 3.55. The minimum absolute atomic E-state index is 0.108. The van der Waals surface area contributed by atoms with Gasteiger partial charge >= 0.3 is 0 Å². The first-order chi connectivity index (χ1) is 9.04. The average Bonchev–Trinajstić information content (AvgIpc) is 2.36. The smallest absolute Gasteiger partial charge is 0.269 e. The molecule has 2 rings (SSSR count). The molecule has 2 aromatic rings. The Morgan fingerprint density at radius 2 is 1.63 bits per heavy atom. The largest absolute Gasteiger partial charge is 0.381 e. The molecule has 0 aliphatic carbocycles. The molecule has 19 heavy (non-hydrogen) atoms. The molecule has 0 spiro atoms. The first kappa shape index (κ1) is 13.1. The average molecular weight is 256 g/mol. The summed E-state index contributed by atoms with van der Waals surface area (Å²) in [6, 6.07) is 12.8. The van der Waals surface area contributed by atoms with E-state index in [0.29, 0.717) is 6.54 Å². The van der Waals surface area contributed by atoms with E-state index < -0.39 is 4.92 Å². The third-order valence-corrected chi connectivity index (χ3v) is 2.86. The molecule has 4 heteroatoms. The zero-order valence-corrected chi connectivity index (χ0v) is 11.0. The van der Waals surface area contributed by atoms with Crippen molar-refractivity contribution in [2.75, 3.05) is 5.32 Å². The minimum atomic E-state index is -0.395. The van der Waals surface area contributed by atoms with Gasteiger partial charge in [0.2, 0.25) is 0 Å². The summed E-state index contributed by atoms with van der Waals surface area (Å²) in [5.74, 6) is 0. The quantitative estimate of drug-likeness (QED) is 0.668. The molecule has 0 saturated heterocycles. The molecule has 0 unspecified atom stereocenters. The number of hydrogen-bond acceptors (Lipinski definition) is 3. The lowest BCUT2D eigenvalue weighted by atomic mass is 10.1. The Balaban J connectivity index is 2.03. The van der Waals surface area contributed by atoms with Crippen molar-refractivity contribution < 1.29 is 4.92 Å². The molecule has 2 aromatic carbocycles. The van der Waals surface area contributed by atoms with E-state index in [2.05, 4.69) is 37.4 Å². The number of anilines is 1. The zero-order chi connectivity index (χ0) is 13.8. The van der Waals surface area contributed by atoms with E-state index in [0.717, 1.165) is 5.69 Å². The van der Waals surface area contributed by atoms with E-state index in [1.807, 2.05) is 0 Å². The molecule has 0 heterocycles. The summed E-state index contributed by atoms with van der Waals surface area (Å²) in [5, 5.41) is 13.8. The Hall–Kier alpha value is -2.36. The molecule has 0 atom stereocenters. The predicted octanol–water partition coefficient (Wildman–Crippen LogP) is 3.82. The topological polar surface area (TPSA) is 55.2 Å². The lowest BCUT2D eigenvalue weighted by Crippen LogP contribution is -2.00. The molecule has 0 bridgehead atoms. The van der Waals surface area contributed by atoms with Gasteiger partial charge in [0, 0.05) is 24.4 Å². The lowest BCUT2D eigenvalue weighted by molar-refractivity contribution is -0.384. The van der Waals surface area contributed by atoms with Crippen molar-refractivity contribution in [3.8, 4) is 0 Å². The second-order valence-corrected chi connectivity index (χ2v) is 4.65. The Morgan fingerprint density at radius 3 is 2.16 bits per heavy atom. The number of hydrogen-bond donors (Lipinski definition) is 1. The summed E-state index contributed by atoms with van der Waals surface area (Å²) < 4.78 is 0. The molecular weight excluding hydrogens is 240 g/mol. The van der Waals surface area contributed by atoms with Crippen molar-refractivity contribution in [2.45, 2.75) is 20.4 Å². The highest BCUT2D eigenvalue weighted by Crippen LogP contribution is 2.17. The highest BCUT2D eigenvalue weighted by Gasteiger charge is 2.03. The Bertz CT molecular complexity index is 571. The van der Waals surface area contributed by atoms with E-state index in [-0.39, 0.29) is 5.69 Å². The number of rotatable bonds is 4. The van der Waals surface area contributed by atoms with Crippen LogP contribution in [0.5, 0.6) is 0 Å². The molecule has 0 saturated carbocycles. The van der Waals surface area contributed by atoms with Crippen molar-refractivity contribution >= 4 is 11.4 Å². The highest BCUT2D eigenvalue weighted by molar-refractivity contribution is 5.49. The molecule has 1 N–H and O–H groups in total. The first-order valence-electron chi connectivity index (χ1n) is 6.10. The van der Waals surface area contributed by atoms with Crippen molar-refractivity contribution in [3.05, 3.63) is 69.3 Å². The maximum atomic E-state index is 10.6. The lowest BCUT2D eigenvalue weighted by Gasteiger charge is -2.08. The van der Waals surface area contributed by atoms with Crippen LogP contribution in [0.4, 0.5) is 11.4 Å². The molecule has 0 aliphatic rings. The zero-order valence-electron chi connectivity index (χ0n) is 11.0. The summed E-state index contributed by atoms with van der Waals surface area (Å²) in [5.41, 5.74) is 4.67. The number of aryl methyl sites for hydroxylation is 2. The number of non-ortho nitro benzene ring substituents is 1. The van der Waals surface area contributed by atoms with E-state index >= 15 is 0 Å². The van der Waals surface area contributed by atoms with E-state index in [9.17, 15) is 10.1 Å². The molecule has 4 nitrogen and oxygen atoms in total. The summed E-state index contributed by atoms with van der Waals surface area (Å²) in [7, 11) is 0. The Labute approximate surface area is 112 Å². The van der Waals surface area contributed by atoms with Gasteiger partial charge in [-0.15, -0.1) is 0 Å². The number of nitro benzene ring substituents is 1.